The number of nitriles is 1. The van der Waals surface area contributed by atoms with Crippen LogP contribution in [0, 0.1) is 17.1 Å². The lowest BCUT2D eigenvalue weighted by Gasteiger charge is -2.44. The molecule has 0 saturated carbocycles. The molecule has 3 aliphatic rings. The second kappa shape index (κ2) is 15.2. The molecule has 3 amide bonds. The number of rotatable bonds is 9. The van der Waals surface area contributed by atoms with Gasteiger partial charge in [0.05, 0.1) is 34.4 Å². The molecule has 0 aliphatic carbocycles. The van der Waals surface area contributed by atoms with Gasteiger partial charge in [0.1, 0.15) is 29.2 Å². The lowest BCUT2D eigenvalue weighted by molar-refractivity contribution is -0.133. The van der Waals surface area contributed by atoms with E-state index in [4.69, 9.17) is 0 Å². The average molecular weight is 735 g/mol. The number of nitrogens with one attached hydrogen (secondary N) is 3. The number of anilines is 4. The van der Waals surface area contributed by atoms with Crippen molar-refractivity contribution in [3.05, 3.63) is 89.8 Å². The zero-order valence-electron chi connectivity index (χ0n) is 30.3. The smallest absolute Gasteiger partial charge is 0.257 e. The number of halogens is 1. The summed E-state index contributed by atoms with van der Waals surface area (Å²) < 4.78 is 16.8. The van der Waals surface area contributed by atoms with Crippen LogP contribution in [0.3, 0.4) is 0 Å². The summed E-state index contributed by atoms with van der Waals surface area (Å²) in [5, 5.41) is 32.8. The Hall–Kier alpha value is -5.85. The molecule has 0 radical (unpaired) electrons. The van der Waals surface area contributed by atoms with Gasteiger partial charge >= 0.3 is 0 Å². The quantitative estimate of drug-likeness (QED) is 0.185. The number of pyridine rings is 1. The summed E-state index contributed by atoms with van der Waals surface area (Å²) >= 11 is 0. The fourth-order valence-electron chi connectivity index (χ4n) is 7.39. The van der Waals surface area contributed by atoms with Crippen LogP contribution in [0.15, 0.2) is 67.1 Å². The predicted molar refractivity (Wildman–Crippen MR) is 201 cm³/mol. The maximum absolute atomic E-state index is 15.2. The third kappa shape index (κ3) is 8.04. The van der Waals surface area contributed by atoms with Crippen LogP contribution >= 0.6 is 0 Å². The maximum Gasteiger partial charge on any atom is 0.257 e. The van der Waals surface area contributed by atoms with Gasteiger partial charge in [-0.1, -0.05) is 0 Å². The number of hydrogen-bond donors (Lipinski definition) is 4. The number of piperidine rings is 2. The van der Waals surface area contributed by atoms with Gasteiger partial charge in [-0.25, -0.2) is 9.07 Å². The number of nitrogens with zero attached hydrogens (tertiary/aromatic N) is 7. The molecule has 3 saturated heterocycles. The maximum atomic E-state index is 15.2. The van der Waals surface area contributed by atoms with Gasteiger partial charge in [-0.3, -0.25) is 29.6 Å². The number of aromatic nitrogens is 3. The zero-order valence-corrected chi connectivity index (χ0v) is 30.3. The summed E-state index contributed by atoms with van der Waals surface area (Å²) in [5.41, 5.74) is 2.73. The Kier molecular flexibility index (Phi) is 10.3. The number of amides is 3. The van der Waals surface area contributed by atoms with Gasteiger partial charge in [0, 0.05) is 75.5 Å². The van der Waals surface area contributed by atoms with Gasteiger partial charge in [-0.15, -0.1) is 0 Å². The first-order valence-electron chi connectivity index (χ1n) is 18.2. The molecule has 2 aromatic carbocycles. The van der Waals surface area contributed by atoms with Crippen molar-refractivity contribution >= 4 is 40.5 Å². The molecule has 3 fully saturated rings. The van der Waals surface area contributed by atoms with Gasteiger partial charge in [-0.05, 0) is 81.6 Å². The number of carbonyl (C=O) groups is 3. The highest BCUT2D eigenvalue weighted by molar-refractivity contribution is 6.04. The number of hydrogen-bond acceptors (Lipinski definition) is 11. The topological polar surface area (TPSA) is 172 Å². The van der Waals surface area contributed by atoms with E-state index >= 15 is 4.39 Å². The Morgan fingerprint density at radius 2 is 1.69 bits per heavy atom. The van der Waals surface area contributed by atoms with Crippen LogP contribution in [0.25, 0.3) is 5.69 Å². The van der Waals surface area contributed by atoms with E-state index in [1.807, 2.05) is 30.3 Å². The van der Waals surface area contributed by atoms with Gasteiger partial charge in [0.25, 0.3) is 5.91 Å². The van der Waals surface area contributed by atoms with Crippen LogP contribution in [0.1, 0.15) is 61.1 Å². The van der Waals surface area contributed by atoms with E-state index in [2.05, 4.69) is 40.7 Å². The highest BCUT2D eigenvalue weighted by Gasteiger charge is 2.30. The number of carbonyl (C=O) groups excluding carboxylic acids is 3. The van der Waals surface area contributed by atoms with Crippen molar-refractivity contribution in [2.75, 3.05) is 59.7 Å². The summed E-state index contributed by atoms with van der Waals surface area (Å²) in [7, 11) is 0. The fraction of sp³-hybridized carbons (Fsp3) is 0.385. The van der Waals surface area contributed by atoms with Gasteiger partial charge in [0.15, 0.2) is 0 Å². The van der Waals surface area contributed by atoms with E-state index in [0.717, 1.165) is 63.5 Å². The van der Waals surface area contributed by atoms with Crippen LogP contribution in [0.5, 0.6) is 0 Å². The van der Waals surface area contributed by atoms with Crippen LogP contribution in [0.2, 0.25) is 0 Å². The van der Waals surface area contributed by atoms with E-state index in [-0.39, 0.29) is 35.2 Å². The highest BCUT2D eigenvalue weighted by atomic mass is 19.1. The Morgan fingerprint density at radius 3 is 2.35 bits per heavy atom. The Labute approximate surface area is 312 Å². The average Bonchev–Trinajstić information content (AvgIpc) is 3.61. The first-order valence-corrected chi connectivity index (χ1v) is 18.2. The lowest BCUT2D eigenvalue weighted by atomic mass is 10.0. The molecule has 2 aromatic heterocycles. The molecule has 15 heteroatoms. The van der Waals surface area contributed by atoms with Crippen molar-refractivity contribution in [1.29, 1.82) is 5.26 Å². The number of imide groups is 1. The molecule has 14 nitrogen and oxygen atoms in total. The predicted octanol–water partition coefficient (Wildman–Crippen LogP) is 3.77. The normalized spacial score (nSPS) is 18.6. The highest BCUT2D eigenvalue weighted by Crippen LogP contribution is 2.31. The molecule has 280 valence electrons. The third-order valence-electron chi connectivity index (χ3n) is 10.3. The van der Waals surface area contributed by atoms with Crippen molar-refractivity contribution in [3.8, 4) is 11.8 Å². The Balaban J connectivity index is 0.917. The summed E-state index contributed by atoms with van der Waals surface area (Å²) in [6, 6.07) is 16.3. The minimum absolute atomic E-state index is 0.221. The van der Waals surface area contributed by atoms with Crippen LogP contribution < -0.4 is 25.8 Å². The number of benzene rings is 2. The molecular weight excluding hydrogens is 691 g/mol. The molecular formula is C39H43FN10O4. The molecule has 5 heterocycles. The van der Waals surface area contributed by atoms with Gasteiger partial charge in [-0.2, -0.15) is 10.4 Å². The Bertz CT molecular complexity index is 2070. The monoisotopic (exact) mass is 734 g/mol. The minimum atomic E-state index is -1.34. The van der Waals surface area contributed by atoms with Crippen molar-refractivity contribution in [2.24, 2.45) is 0 Å². The first kappa shape index (κ1) is 36.5. The van der Waals surface area contributed by atoms with Crippen LogP contribution in [-0.4, -0.2) is 93.8 Å². The first-order chi connectivity index (χ1) is 25.9. The van der Waals surface area contributed by atoms with E-state index in [0.29, 0.717) is 35.2 Å². The minimum Gasteiger partial charge on any atom is -0.384 e. The van der Waals surface area contributed by atoms with Crippen molar-refractivity contribution in [1.82, 2.24) is 25.0 Å². The molecule has 3 aliphatic heterocycles. The van der Waals surface area contributed by atoms with Crippen LogP contribution in [-0.2, 0) is 15.2 Å². The van der Waals surface area contributed by atoms with Gasteiger partial charge in [0.2, 0.25) is 11.8 Å². The van der Waals surface area contributed by atoms with Crippen LogP contribution in [0.4, 0.5) is 27.1 Å². The zero-order chi connectivity index (χ0) is 38.0. The Morgan fingerprint density at radius 1 is 0.963 bits per heavy atom. The van der Waals surface area contributed by atoms with E-state index in [1.54, 1.807) is 36.9 Å². The van der Waals surface area contributed by atoms with E-state index in [9.17, 15) is 24.8 Å². The fourth-order valence-corrected chi connectivity index (χ4v) is 7.39. The number of aliphatic hydroxyl groups is 1. The summed E-state index contributed by atoms with van der Waals surface area (Å²) in [4.78, 5) is 47.5. The molecule has 1 atom stereocenters. The molecule has 4 N–H and O–H groups in total. The SMILES string of the molecule is CC(C)(O)c1nn(-c2ccc(N3CCN(C4CCN(c5ccc(NC6CCC(=O)NC6=O)cc5F)CC4)CC3)cc2)cc1NC(=O)c1cncc(C#N)c1. The summed E-state index contributed by atoms with van der Waals surface area (Å²) in [6.45, 7) is 8.30. The second-order valence-electron chi connectivity index (χ2n) is 14.5. The second-order valence-corrected chi connectivity index (χ2v) is 14.5. The summed E-state index contributed by atoms with van der Waals surface area (Å²) in [5.74, 6) is -1.47. The largest absolute Gasteiger partial charge is 0.384 e. The van der Waals surface area contributed by atoms with Crippen molar-refractivity contribution in [2.45, 2.75) is 57.2 Å². The van der Waals surface area contributed by atoms with E-state index in [1.165, 1.54) is 24.5 Å². The molecule has 7 rings (SSSR count). The number of piperazine rings is 1. The van der Waals surface area contributed by atoms with Crippen molar-refractivity contribution in [3.63, 3.8) is 0 Å². The molecule has 4 aromatic rings. The molecule has 0 bridgehead atoms. The third-order valence-corrected chi connectivity index (χ3v) is 10.3. The summed E-state index contributed by atoms with van der Waals surface area (Å²) in [6.07, 6.45) is 6.94. The standard InChI is InChI=1S/C39H43FN10O4/c1-39(2,54)36-33(44-37(52)26-19-25(21-41)22-42-23-26)24-50(46-36)30-6-4-28(5-7-30)47-15-17-48(18-16-47)29-11-13-49(14-12-29)34-9-3-27(20-31(34)40)43-32-8-10-35(51)45-38(32)53/h3-7,9,19-20,22-24,29,32,43,54H,8,10-18H2,1-2H3,(H,44,52)(H,45,51,53). The molecule has 54 heavy (non-hydrogen) atoms. The lowest BCUT2D eigenvalue weighted by Crippen LogP contribution is -2.53. The van der Waals surface area contributed by atoms with Gasteiger partial charge < -0.3 is 25.5 Å². The van der Waals surface area contributed by atoms with E-state index < -0.39 is 17.6 Å². The molecule has 1 unspecified atom stereocenters. The van der Waals surface area contributed by atoms with Crippen molar-refractivity contribution < 1.29 is 23.9 Å². The molecule has 0 spiro atoms.